The molecule has 0 aliphatic rings. The Kier molecular flexibility index (Phi) is 7.40. The molecule has 0 aliphatic carbocycles. The third-order valence-corrected chi connectivity index (χ3v) is 8.17. The lowest BCUT2D eigenvalue weighted by atomic mass is 9.96. The molecule has 0 atom stereocenters. The van der Waals surface area contributed by atoms with Crippen molar-refractivity contribution in [3.63, 3.8) is 0 Å². The number of rotatable bonds is 7. The van der Waals surface area contributed by atoms with Gasteiger partial charge in [-0.25, -0.2) is 0 Å². The summed E-state index contributed by atoms with van der Waals surface area (Å²) in [5.41, 5.74) is 11.7. The summed E-state index contributed by atoms with van der Waals surface area (Å²) in [7, 11) is 0. The van der Waals surface area contributed by atoms with Gasteiger partial charge >= 0.3 is 0 Å². The van der Waals surface area contributed by atoms with Gasteiger partial charge in [0.15, 0.2) is 0 Å². The van der Waals surface area contributed by atoms with E-state index in [1.165, 1.54) is 33.0 Å². The van der Waals surface area contributed by atoms with Crippen LogP contribution in [0.3, 0.4) is 0 Å². The highest BCUT2D eigenvalue weighted by Gasteiger charge is 2.17. The first kappa shape index (κ1) is 27.2. The first-order chi connectivity index (χ1) is 21.7. The van der Waals surface area contributed by atoms with E-state index in [0.29, 0.717) is 0 Å². The van der Waals surface area contributed by atoms with Gasteiger partial charge in [-0.3, -0.25) is 0 Å². The molecule has 0 N–H and O–H groups in total. The number of aryl methyl sites for hydroxylation is 2. The molecule has 7 aromatic carbocycles. The Labute approximate surface area is 260 Å². The zero-order chi connectivity index (χ0) is 29.9. The van der Waals surface area contributed by atoms with Gasteiger partial charge in [0.05, 0.1) is 5.69 Å². The van der Waals surface area contributed by atoms with Gasteiger partial charge in [-0.15, -0.1) is 0 Å². The van der Waals surface area contributed by atoms with E-state index in [4.69, 9.17) is 0 Å². The van der Waals surface area contributed by atoms with Gasteiger partial charge in [0, 0.05) is 33.8 Å². The van der Waals surface area contributed by atoms with E-state index in [1.54, 1.807) is 0 Å². The summed E-state index contributed by atoms with van der Waals surface area (Å²) < 4.78 is 0. The average molecular weight is 567 g/mol. The lowest BCUT2D eigenvalue weighted by molar-refractivity contribution is 1.27. The van der Waals surface area contributed by atoms with Crippen LogP contribution >= 0.6 is 0 Å². The van der Waals surface area contributed by atoms with Crippen molar-refractivity contribution in [2.75, 3.05) is 9.80 Å². The molecule has 0 aliphatic heterocycles. The van der Waals surface area contributed by atoms with Crippen molar-refractivity contribution in [1.29, 1.82) is 0 Å². The first-order valence-electron chi connectivity index (χ1n) is 15.1. The van der Waals surface area contributed by atoms with Crippen LogP contribution in [0.25, 0.3) is 21.9 Å². The molecule has 44 heavy (non-hydrogen) atoms. The predicted octanol–water partition coefficient (Wildman–Crippen LogP) is 12.1. The monoisotopic (exact) mass is 566 g/mol. The van der Waals surface area contributed by atoms with Crippen LogP contribution < -0.4 is 9.80 Å². The molecular weight excluding hydrogens is 532 g/mol. The van der Waals surface area contributed by atoms with Crippen molar-refractivity contribution in [3.05, 3.63) is 181 Å². The van der Waals surface area contributed by atoms with Crippen LogP contribution in [0, 0.1) is 13.8 Å². The highest BCUT2D eigenvalue weighted by atomic mass is 15.1. The molecular formula is C42H34N2. The molecule has 0 radical (unpaired) electrons. The van der Waals surface area contributed by atoms with Crippen LogP contribution in [0.1, 0.15) is 11.1 Å². The lowest BCUT2D eigenvalue weighted by Crippen LogP contribution is -2.10. The minimum Gasteiger partial charge on any atom is -0.310 e. The van der Waals surface area contributed by atoms with Crippen LogP contribution in [-0.4, -0.2) is 0 Å². The second kappa shape index (κ2) is 11.9. The van der Waals surface area contributed by atoms with E-state index in [0.717, 1.165) is 34.1 Å². The third kappa shape index (κ3) is 5.34. The van der Waals surface area contributed by atoms with Crippen molar-refractivity contribution >= 4 is 44.9 Å². The zero-order valence-corrected chi connectivity index (χ0v) is 25.1. The van der Waals surface area contributed by atoms with Crippen molar-refractivity contribution in [2.24, 2.45) is 0 Å². The summed E-state index contributed by atoms with van der Waals surface area (Å²) in [6.45, 7) is 4.26. The molecule has 0 aromatic heterocycles. The quantitative estimate of drug-likeness (QED) is 0.189. The van der Waals surface area contributed by atoms with Gasteiger partial charge in [0.1, 0.15) is 0 Å². The average Bonchev–Trinajstić information content (AvgIpc) is 3.08. The maximum Gasteiger partial charge on any atom is 0.0540 e. The molecule has 7 aromatic rings. The third-order valence-electron chi connectivity index (χ3n) is 8.17. The summed E-state index contributed by atoms with van der Waals surface area (Å²) in [4.78, 5) is 4.69. The van der Waals surface area contributed by atoms with Gasteiger partial charge in [0.25, 0.3) is 0 Å². The van der Waals surface area contributed by atoms with Crippen molar-refractivity contribution in [3.8, 4) is 11.1 Å². The van der Waals surface area contributed by atoms with Crippen LogP contribution in [0.15, 0.2) is 170 Å². The van der Waals surface area contributed by atoms with E-state index < -0.39 is 0 Å². The number of anilines is 6. The number of nitrogens with zero attached hydrogens (tertiary/aromatic N) is 2. The van der Waals surface area contributed by atoms with Crippen LogP contribution in [0.4, 0.5) is 34.1 Å². The molecule has 0 bridgehead atoms. The second-order valence-corrected chi connectivity index (χ2v) is 11.2. The van der Waals surface area contributed by atoms with E-state index in [2.05, 4.69) is 194 Å². The minimum absolute atomic E-state index is 1.12. The summed E-state index contributed by atoms with van der Waals surface area (Å²) in [5.74, 6) is 0. The largest absolute Gasteiger partial charge is 0.310 e. The maximum atomic E-state index is 2.36. The fourth-order valence-corrected chi connectivity index (χ4v) is 5.97. The summed E-state index contributed by atoms with van der Waals surface area (Å²) in [6, 6.07) is 60.9. The highest BCUT2D eigenvalue weighted by Crippen LogP contribution is 2.42. The van der Waals surface area contributed by atoms with Crippen LogP contribution in [-0.2, 0) is 0 Å². The molecule has 7 rings (SSSR count). The smallest absolute Gasteiger partial charge is 0.0540 e. The van der Waals surface area contributed by atoms with E-state index in [-0.39, 0.29) is 0 Å². The molecule has 2 heteroatoms. The Balaban J connectivity index is 1.37. The fraction of sp³-hybridized carbons (Fsp3) is 0.0476. The van der Waals surface area contributed by atoms with E-state index in [9.17, 15) is 0 Å². The normalized spacial score (nSPS) is 11.0. The molecule has 2 nitrogen and oxygen atoms in total. The van der Waals surface area contributed by atoms with Gasteiger partial charge in [-0.05, 0) is 97.1 Å². The molecule has 0 heterocycles. The summed E-state index contributed by atoms with van der Waals surface area (Å²) in [5, 5.41) is 2.43. The molecule has 0 spiro atoms. The van der Waals surface area contributed by atoms with Crippen LogP contribution in [0.5, 0.6) is 0 Å². The second-order valence-electron chi connectivity index (χ2n) is 11.2. The Morgan fingerprint density at radius 3 is 1.45 bits per heavy atom. The Bertz CT molecular complexity index is 2010. The standard InChI is InChI=1S/C42H34N2/c1-31-22-26-36(27-23-31)43(34-13-5-3-6-14-34)38-17-9-12-33(30-38)39-18-10-20-41-40(39)19-11-21-42(41)44(35-15-7-4-8-16-35)37-28-24-32(2)25-29-37/h3-30H,1-2H3. The van der Waals surface area contributed by atoms with E-state index >= 15 is 0 Å². The Hall–Kier alpha value is -5.60. The van der Waals surface area contributed by atoms with Crippen molar-refractivity contribution in [1.82, 2.24) is 0 Å². The van der Waals surface area contributed by atoms with E-state index in [1.807, 2.05) is 0 Å². The maximum absolute atomic E-state index is 2.36. The highest BCUT2D eigenvalue weighted by molar-refractivity contribution is 6.06. The fourth-order valence-electron chi connectivity index (χ4n) is 5.97. The van der Waals surface area contributed by atoms with Crippen LogP contribution in [0.2, 0.25) is 0 Å². The first-order valence-corrected chi connectivity index (χ1v) is 15.1. The van der Waals surface area contributed by atoms with Crippen molar-refractivity contribution < 1.29 is 0 Å². The molecule has 0 saturated carbocycles. The molecule has 0 amide bonds. The Morgan fingerprint density at radius 1 is 0.341 bits per heavy atom. The summed E-state index contributed by atoms with van der Waals surface area (Å²) in [6.07, 6.45) is 0. The van der Waals surface area contributed by atoms with Crippen molar-refractivity contribution in [2.45, 2.75) is 13.8 Å². The number of hydrogen-bond donors (Lipinski definition) is 0. The topological polar surface area (TPSA) is 6.48 Å². The molecule has 0 saturated heterocycles. The van der Waals surface area contributed by atoms with Gasteiger partial charge < -0.3 is 9.80 Å². The van der Waals surface area contributed by atoms with Gasteiger partial charge in [-0.1, -0.05) is 114 Å². The van der Waals surface area contributed by atoms with Gasteiger partial charge in [-0.2, -0.15) is 0 Å². The number of para-hydroxylation sites is 2. The summed E-state index contributed by atoms with van der Waals surface area (Å²) >= 11 is 0. The predicted molar refractivity (Wildman–Crippen MR) is 188 cm³/mol. The SMILES string of the molecule is Cc1ccc(N(c2ccccc2)c2cccc(-c3cccc4c(N(c5ccccc5)c5ccc(C)cc5)cccc34)c2)cc1. The Morgan fingerprint density at radius 2 is 0.818 bits per heavy atom. The molecule has 0 unspecified atom stereocenters. The molecule has 212 valence electrons. The number of benzene rings is 7. The zero-order valence-electron chi connectivity index (χ0n) is 25.1. The number of fused-ring (bicyclic) bond motifs is 1. The minimum atomic E-state index is 1.12. The number of hydrogen-bond acceptors (Lipinski definition) is 2. The van der Waals surface area contributed by atoms with Gasteiger partial charge in [0.2, 0.25) is 0 Å². The molecule has 0 fully saturated rings. The lowest BCUT2D eigenvalue weighted by Gasteiger charge is -2.27.